The highest BCUT2D eigenvalue weighted by Gasteiger charge is 2.46. The van der Waals surface area contributed by atoms with Crippen LogP contribution in [0.25, 0.3) is 0 Å². The fraction of sp³-hybridized carbons (Fsp3) is 0.167. The van der Waals surface area contributed by atoms with Crippen molar-refractivity contribution in [2.45, 2.75) is 25.1 Å². The quantitative estimate of drug-likeness (QED) is 0.497. The zero-order chi connectivity index (χ0) is 19.5. The molecule has 0 N–H and O–H groups in total. The lowest BCUT2D eigenvalue weighted by Gasteiger charge is -2.43. The molecule has 4 nitrogen and oxygen atoms in total. The van der Waals surface area contributed by atoms with Crippen molar-refractivity contribution in [2.75, 3.05) is 0 Å². The second-order valence-electron chi connectivity index (χ2n) is 6.89. The summed E-state index contributed by atoms with van der Waals surface area (Å²) in [5.41, 5.74) is 2.76. The van der Waals surface area contributed by atoms with Gasteiger partial charge in [-0.3, -0.25) is 4.79 Å². The standard InChI is InChI=1S/C24H21NO3/c1-17(18-11-5-2-6-12-18)25-21(19-13-7-3-8-14-19)22(28-24(27)23(25)26)20-15-9-4-10-16-20/h2-17,21-22H,1H3/t17-,21+,22+/m0/s1. The number of hydrogen-bond acceptors (Lipinski definition) is 3. The van der Waals surface area contributed by atoms with Crippen molar-refractivity contribution in [3.8, 4) is 0 Å². The summed E-state index contributed by atoms with van der Waals surface area (Å²) >= 11 is 0. The van der Waals surface area contributed by atoms with E-state index >= 15 is 0 Å². The van der Waals surface area contributed by atoms with Gasteiger partial charge in [0.05, 0.1) is 12.1 Å². The van der Waals surface area contributed by atoms with Crippen LogP contribution in [0.1, 0.15) is 41.8 Å². The smallest absolute Gasteiger partial charge is 0.397 e. The van der Waals surface area contributed by atoms with Crippen LogP contribution in [0.2, 0.25) is 0 Å². The van der Waals surface area contributed by atoms with Crippen LogP contribution in [0.4, 0.5) is 0 Å². The van der Waals surface area contributed by atoms with Crippen molar-refractivity contribution in [1.29, 1.82) is 0 Å². The largest absolute Gasteiger partial charge is 0.448 e. The molecule has 1 amide bonds. The molecule has 0 radical (unpaired) electrons. The molecule has 4 heteroatoms. The summed E-state index contributed by atoms with van der Waals surface area (Å²) in [5.74, 6) is -1.43. The predicted octanol–water partition coefficient (Wildman–Crippen LogP) is 4.62. The molecular formula is C24H21NO3. The summed E-state index contributed by atoms with van der Waals surface area (Å²) in [4.78, 5) is 27.1. The molecule has 0 aromatic heterocycles. The molecule has 1 aliphatic rings. The Morgan fingerprint density at radius 1 is 0.750 bits per heavy atom. The zero-order valence-electron chi connectivity index (χ0n) is 15.6. The van der Waals surface area contributed by atoms with E-state index in [0.717, 1.165) is 16.7 Å². The van der Waals surface area contributed by atoms with Crippen molar-refractivity contribution >= 4 is 11.9 Å². The van der Waals surface area contributed by atoms with Gasteiger partial charge in [0.2, 0.25) is 0 Å². The van der Waals surface area contributed by atoms with E-state index in [0.29, 0.717) is 0 Å². The van der Waals surface area contributed by atoms with E-state index < -0.39 is 24.0 Å². The highest BCUT2D eigenvalue weighted by molar-refractivity contribution is 6.33. The lowest BCUT2D eigenvalue weighted by molar-refractivity contribution is -0.182. The second-order valence-corrected chi connectivity index (χ2v) is 6.89. The van der Waals surface area contributed by atoms with E-state index in [1.165, 1.54) is 0 Å². The Morgan fingerprint density at radius 3 is 1.82 bits per heavy atom. The van der Waals surface area contributed by atoms with E-state index in [2.05, 4.69) is 0 Å². The maximum absolute atomic E-state index is 13.0. The molecule has 1 saturated heterocycles. The van der Waals surface area contributed by atoms with Gasteiger partial charge in [0.1, 0.15) is 0 Å². The highest BCUT2D eigenvalue weighted by atomic mass is 16.6. The third kappa shape index (κ3) is 3.29. The molecule has 140 valence electrons. The van der Waals surface area contributed by atoms with Gasteiger partial charge >= 0.3 is 11.9 Å². The zero-order valence-corrected chi connectivity index (χ0v) is 15.6. The molecule has 0 bridgehead atoms. The number of ether oxygens (including phenoxy) is 1. The highest BCUT2D eigenvalue weighted by Crippen LogP contribution is 2.44. The summed E-state index contributed by atoms with van der Waals surface area (Å²) in [5, 5.41) is 0. The number of benzene rings is 3. The molecule has 1 aliphatic heterocycles. The number of carbonyl (C=O) groups excluding carboxylic acids is 2. The molecule has 0 spiro atoms. The molecule has 3 atom stereocenters. The van der Waals surface area contributed by atoms with Gasteiger partial charge in [0, 0.05) is 0 Å². The van der Waals surface area contributed by atoms with Crippen LogP contribution in [-0.4, -0.2) is 16.8 Å². The van der Waals surface area contributed by atoms with Crippen molar-refractivity contribution < 1.29 is 14.3 Å². The maximum atomic E-state index is 13.0. The molecule has 1 fully saturated rings. The first-order valence-electron chi connectivity index (χ1n) is 9.35. The molecule has 1 heterocycles. The lowest BCUT2D eigenvalue weighted by atomic mass is 9.90. The molecule has 28 heavy (non-hydrogen) atoms. The topological polar surface area (TPSA) is 46.6 Å². The average Bonchev–Trinajstić information content (AvgIpc) is 2.76. The van der Waals surface area contributed by atoms with E-state index in [1.807, 2.05) is 97.9 Å². The Bertz CT molecular complexity index is 957. The summed E-state index contributed by atoms with van der Waals surface area (Å²) in [6.45, 7) is 1.95. The van der Waals surface area contributed by atoms with Crippen LogP contribution in [0.5, 0.6) is 0 Å². The Morgan fingerprint density at radius 2 is 1.25 bits per heavy atom. The van der Waals surface area contributed by atoms with Crippen LogP contribution < -0.4 is 0 Å². The minimum absolute atomic E-state index is 0.280. The minimum atomic E-state index is -0.816. The van der Waals surface area contributed by atoms with Crippen LogP contribution >= 0.6 is 0 Å². The second kappa shape index (κ2) is 7.69. The Balaban J connectivity index is 1.84. The number of morpholine rings is 1. The van der Waals surface area contributed by atoms with Crippen molar-refractivity contribution in [3.05, 3.63) is 108 Å². The van der Waals surface area contributed by atoms with Gasteiger partial charge in [-0.05, 0) is 23.6 Å². The number of amides is 1. The predicted molar refractivity (Wildman–Crippen MR) is 106 cm³/mol. The molecule has 3 aromatic rings. The Kier molecular flexibility index (Phi) is 4.94. The molecule has 0 saturated carbocycles. The summed E-state index contributed by atoms with van der Waals surface area (Å²) in [6.07, 6.45) is -0.569. The third-order valence-corrected chi connectivity index (χ3v) is 5.20. The molecule has 3 aromatic carbocycles. The number of rotatable bonds is 4. The van der Waals surface area contributed by atoms with E-state index in [1.54, 1.807) is 4.90 Å². The van der Waals surface area contributed by atoms with Gasteiger partial charge in [-0.25, -0.2) is 4.79 Å². The van der Waals surface area contributed by atoms with Crippen LogP contribution in [-0.2, 0) is 14.3 Å². The van der Waals surface area contributed by atoms with Gasteiger partial charge in [0.25, 0.3) is 0 Å². The van der Waals surface area contributed by atoms with Crippen LogP contribution in [0.3, 0.4) is 0 Å². The molecular weight excluding hydrogens is 350 g/mol. The summed E-state index contributed by atoms with van der Waals surface area (Å²) in [7, 11) is 0. The normalized spacial score (nSPS) is 20.5. The van der Waals surface area contributed by atoms with E-state index in [9.17, 15) is 9.59 Å². The Labute approximate surface area is 164 Å². The number of nitrogens with zero attached hydrogens (tertiary/aromatic N) is 1. The lowest BCUT2D eigenvalue weighted by Crippen LogP contribution is -2.49. The maximum Gasteiger partial charge on any atom is 0.397 e. The van der Waals surface area contributed by atoms with Crippen LogP contribution in [0.15, 0.2) is 91.0 Å². The fourth-order valence-corrected chi connectivity index (χ4v) is 3.80. The number of esters is 1. The number of cyclic esters (lactones) is 1. The van der Waals surface area contributed by atoms with E-state index in [4.69, 9.17) is 4.74 Å². The van der Waals surface area contributed by atoms with Gasteiger partial charge in [-0.15, -0.1) is 0 Å². The van der Waals surface area contributed by atoms with Gasteiger partial charge in [0.15, 0.2) is 6.10 Å². The van der Waals surface area contributed by atoms with Gasteiger partial charge < -0.3 is 9.64 Å². The molecule has 0 unspecified atom stereocenters. The van der Waals surface area contributed by atoms with E-state index in [-0.39, 0.29) is 6.04 Å². The number of hydrogen-bond donors (Lipinski definition) is 0. The Hall–Kier alpha value is -3.40. The van der Waals surface area contributed by atoms with Gasteiger partial charge in [-0.2, -0.15) is 0 Å². The fourth-order valence-electron chi connectivity index (χ4n) is 3.80. The third-order valence-electron chi connectivity index (χ3n) is 5.20. The van der Waals surface area contributed by atoms with Crippen molar-refractivity contribution in [1.82, 2.24) is 4.90 Å². The summed E-state index contributed by atoms with van der Waals surface area (Å²) < 4.78 is 5.64. The van der Waals surface area contributed by atoms with Crippen molar-refractivity contribution in [2.24, 2.45) is 0 Å². The first-order valence-corrected chi connectivity index (χ1v) is 9.35. The monoisotopic (exact) mass is 371 g/mol. The molecule has 0 aliphatic carbocycles. The van der Waals surface area contributed by atoms with Crippen molar-refractivity contribution in [3.63, 3.8) is 0 Å². The molecule has 4 rings (SSSR count). The number of carbonyl (C=O) groups is 2. The van der Waals surface area contributed by atoms with Crippen LogP contribution in [0, 0.1) is 0 Å². The first-order chi connectivity index (χ1) is 13.7. The van der Waals surface area contributed by atoms with Gasteiger partial charge in [-0.1, -0.05) is 91.0 Å². The average molecular weight is 371 g/mol. The minimum Gasteiger partial charge on any atom is -0.448 e. The first kappa shape index (κ1) is 18.0. The SMILES string of the molecule is C[C@@H](c1ccccc1)N1C(=O)C(=O)O[C@H](c2ccccc2)[C@H]1c1ccccc1. The summed E-state index contributed by atoms with van der Waals surface area (Å²) in [6, 6.07) is 28.4.